The topological polar surface area (TPSA) is 20.3 Å². The molecule has 2 aliphatic rings. The van der Waals surface area contributed by atoms with Gasteiger partial charge in [-0.3, -0.25) is 4.79 Å². The van der Waals surface area contributed by atoms with Gasteiger partial charge in [-0.05, 0) is 31.1 Å². The minimum atomic E-state index is 0.363. The lowest BCUT2D eigenvalue weighted by Gasteiger charge is -2.23. The van der Waals surface area contributed by atoms with Gasteiger partial charge < -0.3 is 4.90 Å². The van der Waals surface area contributed by atoms with E-state index in [0.717, 1.165) is 11.8 Å². The maximum Gasteiger partial charge on any atom is 0.225 e. The van der Waals surface area contributed by atoms with Crippen LogP contribution in [-0.4, -0.2) is 24.9 Å². The minimum absolute atomic E-state index is 0.363. The smallest absolute Gasteiger partial charge is 0.225 e. The molecule has 0 aromatic carbocycles. The number of nitrogens with zero attached hydrogens (tertiary/aromatic N) is 1. The van der Waals surface area contributed by atoms with E-state index in [9.17, 15) is 4.79 Å². The molecule has 0 N–H and O–H groups in total. The fourth-order valence-electron chi connectivity index (χ4n) is 2.88. The van der Waals surface area contributed by atoms with E-state index in [1.165, 1.54) is 25.7 Å². The predicted molar refractivity (Wildman–Crippen MR) is 47.6 cm³/mol. The van der Waals surface area contributed by atoms with Crippen molar-refractivity contribution >= 4 is 5.91 Å². The highest BCUT2D eigenvalue weighted by atomic mass is 16.2. The van der Waals surface area contributed by atoms with Crippen molar-refractivity contribution in [2.24, 2.45) is 17.8 Å². The molecule has 2 rings (SSSR count). The third-order valence-electron chi connectivity index (χ3n) is 3.50. The van der Waals surface area contributed by atoms with E-state index in [-0.39, 0.29) is 0 Å². The summed E-state index contributed by atoms with van der Waals surface area (Å²) in [6.45, 7) is 0. The fraction of sp³-hybridized carbons (Fsp3) is 0.900. The van der Waals surface area contributed by atoms with Crippen molar-refractivity contribution in [2.45, 2.75) is 25.7 Å². The summed E-state index contributed by atoms with van der Waals surface area (Å²) in [5.41, 5.74) is 0. The minimum Gasteiger partial charge on any atom is -0.349 e. The molecule has 0 saturated heterocycles. The van der Waals surface area contributed by atoms with Crippen molar-refractivity contribution < 1.29 is 4.79 Å². The Balaban J connectivity index is 2.02. The number of carbonyl (C=O) groups is 1. The van der Waals surface area contributed by atoms with Crippen molar-refractivity contribution in [3.63, 3.8) is 0 Å². The summed E-state index contributed by atoms with van der Waals surface area (Å²) in [5, 5.41) is 0. The van der Waals surface area contributed by atoms with Crippen LogP contribution in [0.1, 0.15) is 25.7 Å². The van der Waals surface area contributed by atoms with E-state index in [2.05, 4.69) is 0 Å². The molecule has 0 radical (unpaired) electrons. The summed E-state index contributed by atoms with van der Waals surface area (Å²) in [6, 6.07) is 0. The molecule has 3 atom stereocenters. The van der Waals surface area contributed by atoms with Crippen LogP contribution in [0.5, 0.6) is 0 Å². The van der Waals surface area contributed by atoms with E-state index < -0.39 is 0 Å². The second-order valence-corrected chi connectivity index (χ2v) is 4.51. The van der Waals surface area contributed by atoms with E-state index in [4.69, 9.17) is 0 Å². The summed E-state index contributed by atoms with van der Waals surface area (Å²) in [6.07, 6.45) is 5.17. The summed E-state index contributed by atoms with van der Waals surface area (Å²) in [4.78, 5) is 13.4. The number of hydrogen-bond donors (Lipinski definition) is 0. The van der Waals surface area contributed by atoms with Crippen LogP contribution in [0, 0.1) is 17.8 Å². The van der Waals surface area contributed by atoms with Crippen molar-refractivity contribution in [3.8, 4) is 0 Å². The lowest BCUT2D eigenvalue weighted by Crippen LogP contribution is -2.32. The van der Waals surface area contributed by atoms with Crippen LogP contribution in [0.4, 0.5) is 0 Å². The Labute approximate surface area is 73.9 Å². The first kappa shape index (κ1) is 8.09. The normalized spacial score (nSPS) is 38.7. The molecule has 2 aliphatic carbocycles. The van der Waals surface area contributed by atoms with Crippen molar-refractivity contribution in [1.29, 1.82) is 0 Å². The molecule has 2 bridgehead atoms. The van der Waals surface area contributed by atoms with E-state index in [1.54, 1.807) is 4.90 Å². The van der Waals surface area contributed by atoms with E-state index >= 15 is 0 Å². The van der Waals surface area contributed by atoms with Crippen LogP contribution in [0.2, 0.25) is 0 Å². The van der Waals surface area contributed by atoms with Crippen LogP contribution in [0.25, 0.3) is 0 Å². The molecular weight excluding hydrogens is 150 g/mol. The zero-order valence-electron chi connectivity index (χ0n) is 7.92. The standard InChI is InChI=1S/C10H17NO/c1-11(2)10(12)9-6-7-3-4-8(9)5-7/h7-9H,3-6H2,1-2H3/t7-,8-,9+/m0/s1. The highest BCUT2D eigenvalue weighted by molar-refractivity contribution is 5.79. The molecule has 2 saturated carbocycles. The van der Waals surface area contributed by atoms with Gasteiger partial charge in [-0.15, -0.1) is 0 Å². The average Bonchev–Trinajstić information content (AvgIpc) is 2.62. The van der Waals surface area contributed by atoms with Gasteiger partial charge in [-0.2, -0.15) is 0 Å². The quantitative estimate of drug-likeness (QED) is 0.579. The maximum absolute atomic E-state index is 11.7. The van der Waals surface area contributed by atoms with Crippen LogP contribution in [-0.2, 0) is 4.79 Å². The second kappa shape index (κ2) is 2.75. The highest BCUT2D eigenvalue weighted by Gasteiger charge is 2.43. The number of fused-ring (bicyclic) bond motifs is 2. The van der Waals surface area contributed by atoms with Gasteiger partial charge in [0.05, 0.1) is 0 Å². The Bertz CT molecular complexity index is 200. The van der Waals surface area contributed by atoms with Gasteiger partial charge in [-0.25, -0.2) is 0 Å². The molecule has 12 heavy (non-hydrogen) atoms. The molecule has 2 nitrogen and oxygen atoms in total. The molecule has 0 spiro atoms. The number of carbonyl (C=O) groups excluding carboxylic acids is 1. The Hall–Kier alpha value is -0.530. The zero-order chi connectivity index (χ0) is 8.72. The second-order valence-electron chi connectivity index (χ2n) is 4.51. The zero-order valence-corrected chi connectivity index (χ0v) is 7.92. The van der Waals surface area contributed by atoms with Gasteiger partial charge in [0.25, 0.3) is 0 Å². The molecule has 0 aromatic heterocycles. The maximum atomic E-state index is 11.7. The Morgan fingerprint density at radius 1 is 1.25 bits per heavy atom. The van der Waals surface area contributed by atoms with Crippen LogP contribution < -0.4 is 0 Å². The van der Waals surface area contributed by atoms with E-state index in [1.807, 2.05) is 14.1 Å². The Morgan fingerprint density at radius 3 is 2.42 bits per heavy atom. The van der Waals surface area contributed by atoms with E-state index in [0.29, 0.717) is 11.8 Å². The third-order valence-corrected chi connectivity index (χ3v) is 3.50. The molecule has 68 valence electrons. The number of hydrogen-bond acceptors (Lipinski definition) is 1. The highest BCUT2D eigenvalue weighted by Crippen LogP contribution is 2.48. The lowest BCUT2D eigenvalue weighted by molar-refractivity contribution is -0.134. The van der Waals surface area contributed by atoms with Gasteiger partial charge in [0.1, 0.15) is 0 Å². The first-order chi connectivity index (χ1) is 5.68. The van der Waals surface area contributed by atoms with Crippen LogP contribution in [0.15, 0.2) is 0 Å². The molecular formula is C10H17NO. The summed E-state index contributed by atoms with van der Waals surface area (Å²) in [5.74, 6) is 2.34. The summed E-state index contributed by atoms with van der Waals surface area (Å²) >= 11 is 0. The largest absolute Gasteiger partial charge is 0.349 e. The monoisotopic (exact) mass is 167 g/mol. The molecule has 2 heteroatoms. The SMILES string of the molecule is CN(C)C(=O)[C@@H]1C[C@H]2CC[C@H]1C2. The van der Waals surface area contributed by atoms with Crippen LogP contribution >= 0.6 is 0 Å². The van der Waals surface area contributed by atoms with Gasteiger partial charge >= 0.3 is 0 Å². The van der Waals surface area contributed by atoms with Gasteiger partial charge in [-0.1, -0.05) is 6.42 Å². The first-order valence-corrected chi connectivity index (χ1v) is 4.89. The molecule has 0 heterocycles. The fourth-order valence-corrected chi connectivity index (χ4v) is 2.88. The predicted octanol–water partition coefficient (Wildman–Crippen LogP) is 1.51. The lowest BCUT2D eigenvalue weighted by atomic mass is 9.88. The van der Waals surface area contributed by atoms with Gasteiger partial charge in [0, 0.05) is 20.0 Å². The number of amides is 1. The Morgan fingerprint density at radius 2 is 2.00 bits per heavy atom. The summed E-state index contributed by atoms with van der Waals surface area (Å²) < 4.78 is 0. The van der Waals surface area contributed by atoms with Gasteiger partial charge in [0.2, 0.25) is 5.91 Å². The molecule has 0 aliphatic heterocycles. The molecule has 2 fully saturated rings. The van der Waals surface area contributed by atoms with Crippen molar-refractivity contribution in [2.75, 3.05) is 14.1 Å². The van der Waals surface area contributed by atoms with Crippen molar-refractivity contribution in [1.82, 2.24) is 4.90 Å². The molecule has 1 amide bonds. The average molecular weight is 167 g/mol. The number of rotatable bonds is 1. The first-order valence-electron chi connectivity index (χ1n) is 4.89. The molecule has 0 unspecified atom stereocenters. The third kappa shape index (κ3) is 1.13. The van der Waals surface area contributed by atoms with Crippen molar-refractivity contribution in [3.05, 3.63) is 0 Å². The molecule has 0 aromatic rings. The summed E-state index contributed by atoms with van der Waals surface area (Å²) in [7, 11) is 3.74. The van der Waals surface area contributed by atoms with Gasteiger partial charge in [0.15, 0.2) is 0 Å². The van der Waals surface area contributed by atoms with Crippen LogP contribution in [0.3, 0.4) is 0 Å². The Kier molecular flexibility index (Phi) is 1.85.